The lowest BCUT2D eigenvalue weighted by Gasteiger charge is -2.33. The van der Waals surface area contributed by atoms with Gasteiger partial charge in [-0.1, -0.05) is 18.5 Å². The molecule has 0 radical (unpaired) electrons. The number of pyridine rings is 1. The van der Waals surface area contributed by atoms with E-state index < -0.39 is 0 Å². The fraction of sp³-hybridized carbons (Fsp3) is 0.654. The van der Waals surface area contributed by atoms with E-state index in [1.54, 1.807) is 19.5 Å². The van der Waals surface area contributed by atoms with E-state index in [2.05, 4.69) is 39.8 Å². The van der Waals surface area contributed by atoms with Crippen LogP contribution in [0.15, 0.2) is 24.5 Å². The van der Waals surface area contributed by atoms with Gasteiger partial charge < -0.3 is 25.4 Å². The van der Waals surface area contributed by atoms with Crippen LogP contribution in [0, 0.1) is 5.41 Å². The first-order chi connectivity index (χ1) is 16.9. The monoisotopic (exact) mass is 502 g/mol. The Morgan fingerprint density at radius 3 is 2.63 bits per heavy atom. The van der Waals surface area contributed by atoms with Crippen molar-refractivity contribution in [1.82, 2.24) is 20.3 Å². The first kappa shape index (κ1) is 26.1. The molecule has 3 heterocycles. The summed E-state index contributed by atoms with van der Waals surface area (Å²) in [6, 6.07) is 5.17. The van der Waals surface area contributed by atoms with Crippen molar-refractivity contribution >= 4 is 23.2 Å². The Kier molecular flexibility index (Phi) is 9.16. The fourth-order valence-electron chi connectivity index (χ4n) is 4.93. The number of ether oxygens (including phenoxy) is 2. The summed E-state index contributed by atoms with van der Waals surface area (Å²) in [6.45, 7) is 7.70. The summed E-state index contributed by atoms with van der Waals surface area (Å²) >= 11 is 6.52. The zero-order chi connectivity index (χ0) is 24.7. The van der Waals surface area contributed by atoms with E-state index in [0.717, 1.165) is 82.1 Å². The van der Waals surface area contributed by atoms with Crippen LogP contribution in [-0.4, -0.2) is 66.6 Å². The number of halogens is 1. The fourth-order valence-corrected chi connectivity index (χ4v) is 5.12. The molecule has 1 unspecified atom stereocenters. The molecule has 192 valence electrons. The Morgan fingerprint density at radius 2 is 1.89 bits per heavy atom. The second kappa shape index (κ2) is 12.3. The molecule has 2 aromatic heterocycles. The lowest BCUT2D eigenvalue weighted by molar-refractivity contribution is 0.0300. The Labute approximate surface area is 214 Å². The Balaban J connectivity index is 1.36. The van der Waals surface area contributed by atoms with Crippen molar-refractivity contribution < 1.29 is 9.47 Å². The van der Waals surface area contributed by atoms with E-state index >= 15 is 0 Å². The van der Waals surface area contributed by atoms with Crippen molar-refractivity contribution in [2.24, 2.45) is 5.41 Å². The molecule has 1 saturated carbocycles. The van der Waals surface area contributed by atoms with Gasteiger partial charge in [-0.2, -0.15) is 0 Å². The SMILES string of the molecule is COCC(C)NC1CCC(Nc2cc(-c3nccc(NCC4(C)CCOCC4)n3)c(Cl)cn2)CC1. The molecule has 1 saturated heterocycles. The number of rotatable bonds is 10. The van der Waals surface area contributed by atoms with Gasteiger partial charge in [0, 0.05) is 63.0 Å². The minimum absolute atomic E-state index is 0.213. The van der Waals surface area contributed by atoms with E-state index in [9.17, 15) is 0 Å². The zero-order valence-electron chi connectivity index (χ0n) is 21.1. The highest BCUT2D eigenvalue weighted by Gasteiger charge is 2.27. The molecule has 4 rings (SSSR count). The maximum atomic E-state index is 6.52. The van der Waals surface area contributed by atoms with Gasteiger partial charge in [-0.3, -0.25) is 0 Å². The zero-order valence-corrected chi connectivity index (χ0v) is 21.9. The first-order valence-corrected chi connectivity index (χ1v) is 13.1. The van der Waals surface area contributed by atoms with Crippen LogP contribution < -0.4 is 16.0 Å². The molecule has 0 spiro atoms. The number of hydrogen-bond donors (Lipinski definition) is 3. The molecule has 1 aliphatic heterocycles. The van der Waals surface area contributed by atoms with Crippen LogP contribution in [0.5, 0.6) is 0 Å². The highest BCUT2D eigenvalue weighted by Crippen LogP contribution is 2.31. The van der Waals surface area contributed by atoms with Crippen LogP contribution in [0.1, 0.15) is 52.4 Å². The highest BCUT2D eigenvalue weighted by molar-refractivity contribution is 6.33. The highest BCUT2D eigenvalue weighted by atomic mass is 35.5. The van der Waals surface area contributed by atoms with Crippen molar-refractivity contribution in [3.8, 4) is 11.4 Å². The van der Waals surface area contributed by atoms with Crippen LogP contribution in [0.25, 0.3) is 11.4 Å². The van der Waals surface area contributed by atoms with Gasteiger partial charge in [0.05, 0.1) is 11.6 Å². The van der Waals surface area contributed by atoms with Crippen molar-refractivity contribution in [1.29, 1.82) is 0 Å². The van der Waals surface area contributed by atoms with Crippen LogP contribution in [0.3, 0.4) is 0 Å². The molecule has 1 atom stereocenters. The molecule has 2 aromatic rings. The van der Waals surface area contributed by atoms with Gasteiger partial charge in [0.1, 0.15) is 11.6 Å². The molecule has 9 heteroatoms. The lowest BCUT2D eigenvalue weighted by atomic mass is 9.82. The number of hydrogen-bond acceptors (Lipinski definition) is 8. The number of methoxy groups -OCH3 is 1. The number of aromatic nitrogens is 3. The number of nitrogens with one attached hydrogen (secondary N) is 3. The summed E-state index contributed by atoms with van der Waals surface area (Å²) in [5.74, 6) is 2.21. The molecule has 1 aliphatic carbocycles. The third kappa shape index (κ3) is 7.49. The molecule has 0 aromatic carbocycles. The van der Waals surface area contributed by atoms with Crippen LogP contribution in [0.2, 0.25) is 5.02 Å². The van der Waals surface area contributed by atoms with Crippen LogP contribution >= 0.6 is 11.6 Å². The molecule has 0 bridgehead atoms. The Bertz CT molecular complexity index is 947. The van der Waals surface area contributed by atoms with Crippen LogP contribution in [0.4, 0.5) is 11.6 Å². The molecule has 8 nitrogen and oxygen atoms in total. The smallest absolute Gasteiger partial charge is 0.163 e. The van der Waals surface area contributed by atoms with E-state index in [1.165, 1.54) is 0 Å². The maximum Gasteiger partial charge on any atom is 0.163 e. The number of anilines is 2. The average molecular weight is 503 g/mol. The van der Waals surface area contributed by atoms with Gasteiger partial charge in [-0.15, -0.1) is 0 Å². The second-order valence-corrected chi connectivity index (χ2v) is 10.7. The molecule has 2 fully saturated rings. The van der Waals surface area contributed by atoms with Gasteiger partial charge in [0.15, 0.2) is 5.82 Å². The number of nitrogens with zero attached hydrogens (tertiary/aromatic N) is 3. The van der Waals surface area contributed by atoms with Crippen molar-refractivity contribution in [2.75, 3.05) is 44.1 Å². The van der Waals surface area contributed by atoms with Gasteiger partial charge >= 0.3 is 0 Å². The minimum atomic E-state index is 0.213. The molecule has 0 amide bonds. The largest absolute Gasteiger partial charge is 0.383 e. The predicted octanol–water partition coefficient (Wildman–Crippen LogP) is 4.77. The Hall–Kier alpha value is -2.00. The molecule has 3 N–H and O–H groups in total. The standard InChI is InChI=1S/C26H39ClN6O2/c1-18(16-34-3)31-19-4-6-20(7-5-19)32-24-14-21(22(27)15-29-24)25-28-11-8-23(33-25)30-17-26(2)9-12-35-13-10-26/h8,11,14-15,18-20,31H,4-7,9-10,12-13,16-17H2,1-3H3,(H,29,32)(H,28,30,33). The summed E-state index contributed by atoms with van der Waals surface area (Å²) < 4.78 is 10.8. The topological polar surface area (TPSA) is 93.2 Å². The molecule has 2 aliphatic rings. The summed E-state index contributed by atoms with van der Waals surface area (Å²) in [5, 5.41) is 11.3. The summed E-state index contributed by atoms with van der Waals surface area (Å²) in [4.78, 5) is 13.8. The summed E-state index contributed by atoms with van der Waals surface area (Å²) in [5.41, 5.74) is 0.999. The van der Waals surface area contributed by atoms with Crippen molar-refractivity contribution in [3.63, 3.8) is 0 Å². The lowest BCUT2D eigenvalue weighted by Crippen LogP contribution is -2.42. The van der Waals surface area contributed by atoms with Crippen LogP contribution in [-0.2, 0) is 9.47 Å². The van der Waals surface area contributed by atoms with Crippen molar-refractivity contribution in [3.05, 3.63) is 29.5 Å². The predicted molar refractivity (Wildman–Crippen MR) is 141 cm³/mol. The first-order valence-electron chi connectivity index (χ1n) is 12.8. The second-order valence-electron chi connectivity index (χ2n) is 10.3. The molecular formula is C26H39ClN6O2. The normalized spacial score (nSPS) is 23.0. The van der Waals surface area contributed by atoms with E-state index in [0.29, 0.717) is 29.0 Å². The summed E-state index contributed by atoms with van der Waals surface area (Å²) in [7, 11) is 1.75. The quantitative estimate of drug-likeness (QED) is 0.428. The Morgan fingerprint density at radius 1 is 1.14 bits per heavy atom. The van der Waals surface area contributed by atoms with Gasteiger partial charge in [-0.05, 0) is 63.0 Å². The van der Waals surface area contributed by atoms with E-state index in [1.807, 2.05) is 12.1 Å². The molecule has 35 heavy (non-hydrogen) atoms. The third-order valence-corrected chi connectivity index (χ3v) is 7.47. The van der Waals surface area contributed by atoms with Gasteiger partial charge in [0.2, 0.25) is 0 Å². The maximum absolute atomic E-state index is 6.52. The molecular weight excluding hydrogens is 464 g/mol. The van der Waals surface area contributed by atoms with Gasteiger partial charge in [0.25, 0.3) is 0 Å². The summed E-state index contributed by atoms with van der Waals surface area (Å²) in [6.07, 6.45) is 10.0. The van der Waals surface area contributed by atoms with E-state index in [4.69, 9.17) is 26.1 Å². The average Bonchev–Trinajstić information content (AvgIpc) is 2.86. The van der Waals surface area contributed by atoms with E-state index in [-0.39, 0.29) is 5.41 Å². The van der Waals surface area contributed by atoms with Crippen molar-refractivity contribution in [2.45, 2.75) is 70.5 Å². The van der Waals surface area contributed by atoms with Gasteiger partial charge in [-0.25, -0.2) is 15.0 Å². The minimum Gasteiger partial charge on any atom is -0.383 e. The third-order valence-electron chi connectivity index (χ3n) is 7.16.